The minimum atomic E-state index is -0.533. The molecule has 0 aliphatic heterocycles. The van der Waals surface area contributed by atoms with Gasteiger partial charge >= 0.3 is 0 Å². The Morgan fingerprint density at radius 3 is 1.00 bits per heavy atom. The molecule has 0 saturated carbocycles. The van der Waals surface area contributed by atoms with Gasteiger partial charge in [0.25, 0.3) is 11.4 Å². The molecule has 31 heteroatoms. The van der Waals surface area contributed by atoms with Crippen molar-refractivity contribution in [2.24, 2.45) is 11.7 Å². The zero-order valence-corrected chi connectivity index (χ0v) is 76.0. The number of aromatic hydroxyl groups is 1. The van der Waals surface area contributed by atoms with Gasteiger partial charge in [0.1, 0.15) is 5.75 Å². The number of thiazole rings is 1. The van der Waals surface area contributed by atoms with Crippen LogP contribution in [-0.4, -0.2) is 65.0 Å². The monoisotopic (exact) mass is 1890 g/mol. The van der Waals surface area contributed by atoms with Crippen molar-refractivity contribution in [3.8, 4) is 5.75 Å². The number of nitrogen functional groups attached to an aromatic ring is 4. The van der Waals surface area contributed by atoms with E-state index >= 15 is 0 Å². The van der Waals surface area contributed by atoms with E-state index in [0.29, 0.717) is 44.0 Å². The standard InChI is InChI=1S/C22H15N3.C20H14N4S.C20H14N4.C19H15N3O.C13H9N5O4.C13H11N3.3ClH/c1-3-9-20-17(7-1)22(18-8-2-4-10-21(18)25-20)24-16-11-12-19-15(14-16)6-5-13-23-19;21-20-24-17-10-9-12(11-18(17)25-20)22-19-13-5-1-3-7-15(13)23-16-8-4-2-6-14(16)19;1-3-7-18-15(5-1)20(16-6-2-4-8-19(16)23-18)22-14-9-10-17-13(11-14)12-21-24-17;20-12-9-10-17(18(23)11-12)22-19-13-5-1-3-7-15(13)21-16-8-4-2-6-14(16)19;14-16-13-9-3-1-7(17(19)20)5-11(9)15-12-6-8(18(21)22)2-4-10(12)13;14-16-13-9-5-1-3-7-11(9)15-12-8-4-2-6-10(12)13;;;/h1-14H,(H,24,25);1-11H,(H2,21,24)(H,22,23);1-12H,(H,21,24)(H,22,23);1-11,23H,20H2,(H,21,22);1-6H,14H2,(H,15,16);1-8H,14H2,(H,15,16);3*1H. The number of phenolic OH excluding ortho intramolecular Hbond substituents is 1. The first-order valence-corrected chi connectivity index (χ1v) is 43.6. The minimum Gasteiger partial charge on any atom is -0.506 e. The third-order valence-electron chi connectivity index (χ3n) is 22.9. The van der Waals surface area contributed by atoms with E-state index in [4.69, 9.17) is 43.1 Å². The van der Waals surface area contributed by atoms with Crippen molar-refractivity contribution < 1.29 is 15.0 Å². The Kier molecular flexibility index (Phi) is 27.1. The van der Waals surface area contributed by atoms with Gasteiger partial charge < -0.3 is 48.7 Å². The number of benzene rings is 16. The third-order valence-corrected chi connectivity index (χ3v) is 23.8. The highest BCUT2D eigenvalue weighted by Gasteiger charge is 2.20. The molecule has 0 amide bonds. The van der Waals surface area contributed by atoms with Crippen LogP contribution >= 0.6 is 48.6 Å². The van der Waals surface area contributed by atoms with E-state index in [1.54, 1.807) is 12.1 Å². The number of hydrogen-bond acceptors (Lipinski definition) is 25. The van der Waals surface area contributed by atoms with E-state index in [2.05, 4.69) is 147 Å². The van der Waals surface area contributed by atoms with Crippen molar-refractivity contribution in [2.45, 2.75) is 0 Å². The van der Waals surface area contributed by atoms with Gasteiger partial charge in [-0.2, -0.15) is 5.10 Å². The molecule has 25 rings (SSSR count). The summed E-state index contributed by atoms with van der Waals surface area (Å²) in [6, 6.07) is 117. The number of nitrogens with two attached hydrogens (primary N) is 4. The molecular weight excluding hydrogens is 1810 g/mol. The number of para-hydroxylation sites is 10. The van der Waals surface area contributed by atoms with Gasteiger partial charge in [0, 0.05) is 135 Å². The molecule has 25 aromatic rings. The number of rotatable bonds is 12. The summed E-state index contributed by atoms with van der Waals surface area (Å²) < 4.78 is 1.07. The minimum absolute atomic E-state index is 0. The number of phenols is 1. The highest BCUT2D eigenvalue weighted by Crippen LogP contribution is 2.42. The molecule has 138 heavy (non-hydrogen) atoms. The molecule has 0 bridgehead atoms. The number of fused-ring (bicyclic) bond motifs is 15. The Balaban J connectivity index is 0.000000115. The summed E-state index contributed by atoms with van der Waals surface area (Å²) in [4.78, 5) is 57.2. The van der Waals surface area contributed by atoms with Gasteiger partial charge in [0.2, 0.25) is 0 Å². The number of hydrogen-bond donors (Lipinski definition) is 12. The van der Waals surface area contributed by atoms with Crippen molar-refractivity contribution in [3.63, 3.8) is 0 Å². The second-order valence-electron chi connectivity index (χ2n) is 31.4. The molecule has 9 heterocycles. The number of anilines is 12. The zero-order valence-electron chi connectivity index (χ0n) is 72.7. The molecule has 0 aliphatic carbocycles. The lowest BCUT2D eigenvalue weighted by molar-refractivity contribution is -0.384. The van der Waals surface area contributed by atoms with Gasteiger partial charge in [-0.25, -0.2) is 34.9 Å². The molecule has 676 valence electrons. The lowest BCUT2D eigenvalue weighted by Crippen LogP contribution is -2.08. The number of H-pyrrole nitrogens is 1. The first-order chi connectivity index (χ1) is 66.2. The summed E-state index contributed by atoms with van der Waals surface area (Å²) in [5, 5.41) is 67.8. The second-order valence-corrected chi connectivity index (χ2v) is 32.5. The smallest absolute Gasteiger partial charge is 0.271 e. The number of nitrogens with one attached hydrogen (secondary N) is 7. The molecule has 0 fully saturated rings. The Bertz CT molecular complexity index is 8620. The van der Waals surface area contributed by atoms with E-state index in [0.717, 1.165) is 187 Å². The van der Waals surface area contributed by atoms with Gasteiger partial charge in [-0.15, -0.1) is 37.2 Å². The van der Waals surface area contributed by atoms with Gasteiger partial charge in [0.05, 0.1) is 143 Å². The van der Waals surface area contributed by atoms with Crippen LogP contribution < -0.4 is 55.3 Å². The number of halogens is 3. The number of pyridine rings is 7. The first kappa shape index (κ1) is 92.0. The predicted molar refractivity (Wildman–Crippen MR) is 574 cm³/mol. The number of non-ortho nitro benzene ring substituents is 2. The molecule has 0 unspecified atom stereocenters. The van der Waals surface area contributed by atoms with Crippen LogP contribution in [0.25, 0.3) is 163 Å². The van der Waals surface area contributed by atoms with E-state index in [-0.39, 0.29) is 54.3 Å². The number of nitro groups is 2. The summed E-state index contributed by atoms with van der Waals surface area (Å²) in [5.74, 6) is 11.3. The molecular formula is C107H81Cl3N22O5S. The Morgan fingerprint density at radius 1 is 0.304 bits per heavy atom. The van der Waals surface area contributed by atoms with Crippen LogP contribution in [0, 0.1) is 20.2 Å². The fourth-order valence-corrected chi connectivity index (χ4v) is 17.4. The molecule has 27 nitrogen and oxygen atoms in total. The fraction of sp³-hybridized carbons (Fsp3) is 0. The maximum absolute atomic E-state index is 10.9. The van der Waals surface area contributed by atoms with Gasteiger partial charge in [0.15, 0.2) is 5.13 Å². The van der Waals surface area contributed by atoms with E-state index in [1.807, 2.05) is 237 Å². The number of aromatic nitrogens is 10. The van der Waals surface area contributed by atoms with Crippen LogP contribution in [0.5, 0.6) is 5.75 Å². The van der Waals surface area contributed by atoms with Crippen molar-refractivity contribution in [1.29, 1.82) is 0 Å². The quantitative estimate of drug-likeness (QED) is 0.0135. The Hall–Kier alpha value is -17.9. The van der Waals surface area contributed by atoms with E-state index in [9.17, 15) is 25.3 Å². The maximum atomic E-state index is 10.9. The molecule has 0 aliphatic rings. The average molecular weight is 1890 g/mol. The molecule has 0 radical (unpaired) electrons. The van der Waals surface area contributed by atoms with Crippen LogP contribution in [0.2, 0.25) is 0 Å². The van der Waals surface area contributed by atoms with E-state index in [1.165, 1.54) is 53.8 Å². The number of nitro benzene ring substituents is 2. The summed E-state index contributed by atoms with van der Waals surface area (Å²) >= 11 is 1.50. The van der Waals surface area contributed by atoms with Crippen molar-refractivity contribution in [3.05, 3.63) is 397 Å². The lowest BCUT2D eigenvalue weighted by Gasteiger charge is -2.14. The topological polar surface area (TPSA) is 415 Å². The van der Waals surface area contributed by atoms with Gasteiger partial charge in [-0.3, -0.25) is 42.0 Å². The van der Waals surface area contributed by atoms with E-state index < -0.39 is 9.85 Å². The van der Waals surface area contributed by atoms with Crippen LogP contribution in [-0.2, 0) is 0 Å². The molecule has 0 saturated heterocycles. The van der Waals surface area contributed by atoms with Crippen LogP contribution in [0.3, 0.4) is 0 Å². The fourth-order valence-electron chi connectivity index (χ4n) is 16.6. The van der Waals surface area contributed by atoms with Crippen LogP contribution in [0.4, 0.5) is 79.1 Å². The highest BCUT2D eigenvalue weighted by molar-refractivity contribution is 7.22. The van der Waals surface area contributed by atoms with Gasteiger partial charge in [-0.1, -0.05) is 199 Å². The molecule has 9 aromatic heterocycles. The number of hydrazine groups is 2. The van der Waals surface area contributed by atoms with Crippen molar-refractivity contribution in [2.75, 3.05) is 43.6 Å². The van der Waals surface area contributed by atoms with Crippen molar-refractivity contribution in [1.82, 2.24) is 50.1 Å². The van der Waals surface area contributed by atoms with Crippen molar-refractivity contribution >= 4 is 290 Å². The maximum Gasteiger partial charge on any atom is 0.271 e. The largest absolute Gasteiger partial charge is 0.506 e. The Labute approximate surface area is 807 Å². The SMILES string of the molecule is Cl.Cl.Cl.NNc1c2ccc([N+](=O)[O-])cc2nc2cc([N+](=O)[O-])ccc12.NNc1c2ccccc2nc2ccccc12.Nc1ccc(Nc2c3ccccc3nc3ccccc23)c(O)c1.Nc1nc2ccc(Nc3c4ccccc4nc4ccccc34)cc2s1.c1ccc2c(Nc3ccc4[nH]ncc4c3)c3ccccc3nc2c1.c1cnc2ccc(Nc3c4ccccc4nc4ccccc34)cc2c1. The van der Waals surface area contributed by atoms with Crippen LogP contribution in [0.15, 0.2) is 376 Å². The third kappa shape index (κ3) is 19.1. The summed E-state index contributed by atoms with van der Waals surface area (Å²) in [6.07, 6.45) is 3.66. The molecule has 0 spiro atoms. The molecule has 16 N–H and O–H groups in total. The van der Waals surface area contributed by atoms with Gasteiger partial charge in [-0.05, 0) is 146 Å². The normalized spacial score (nSPS) is 10.9. The predicted octanol–water partition coefficient (Wildman–Crippen LogP) is 26.9. The molecule has 0 atom stereocenters. The molecule has 16 aromatic carbocycles. The summed E-state index contributed by atoms with van der Waals surface area (Å²) in [6.45, 7) is 0. The lowest BCUT2D eigenvalue weighted by atomic mass is 10.1. The van der Waals surface area contributed by atoms with Crippen LogP contribution in [0.1, 0.15) is 0 Å². The summed E-state index contributed by atoms with van der Waals surface area (Å²) in [7, 11) is 0. The average Bonchev–Trinajstić information content (AvgIpc) is 1.08. The first-order valence-electron chi connectivity index (χ1n) is 42.8. The number of aromatic amines is 1. The zero-order chi connectivity index (χ0) is 92.0. The second kappa shape index (κ2) is 40.7. The Morgan fingerprint density at radius 2 is 0.630 bits per heavy atom. The highest BCUT2D eigenvalue weighted by atomic mass is 35.5. The summed E-state index contributed by atoms with van der Waals surface area (Å²) in [5.41, 5.74) is 39.7. The number of nitrogens with zero attached hydrogens (tertiary/aromatic N) is 11.